The highest BCUT2D eigenvalue weighted by Gasteiger charge is 2.13. The van der Waals surface area contributed by atoms with E-state index in [1.807, 2.05) is 24.3 Å². The summed E-state index contributed by atoms with van der Waals surface area (Å²) in [5, 5.41) is 2.12. The average Bonchev–Trinajstić information content (AvgIpc) is 2.75. The zero-order chi connectivity index (χ0) is 19.1. The second kappa shape index (κ2) is 6.83. The quantitative estimate of drug-likeness (QED) is 0.359. The van der Waals surface area contributed by atoms with Crippen LogP contribution in [0.25, 0.3) is 21.9 Å². The van der Waals surface area contributed by atoms with Gasteiger partial charge in [0.15, 0.2) is 0 Å². The summed E-state index contributed by atoms with van der Waals surface area (Å²) >= 11 is 0. The minimum absolute atomic E-state index is 0.742. The molecule has 0 aliphatic carbocycles. The van der Waals surface area contributed by atoms with Crippen molar-refractivity contribution in [1.29, 1.82) is 0 Å². The lowest BCUT2D eigenvalue weighted by molar-refractivity contribution is 0.497. The highest BCUT2D eigenvalue weighted by atomic mass is 31.1. The van der Waals surface area contributed by atoms with Crippen molar-refractivity contribution in [2.75, 3.05) is 0 Å². The molecule has 0 amide bonds. The van der Waals surface area contributed by atoms with E-state index in [0.717, 1.165) is 38.8 Å². The average molecular weight is 378 g/mol. The lowest BCUT2D eigenvalue weighted by Gasteiger charge is -2.03. The smallest absolute Gasteiger partial charge is 0.391 e. The molecule has 4 heteroatoms. The van der Waals surface area contributed by atoms with Crippen molar-refractivity contribution >= 4 is 30.2 Å². The summed E-state index contributed by atoms with van der Waals surface area (Å²) in [6.07, 6.45) is 0. The molecule has 3 nitrogen and oxygen atoms in total. The predicted octanol–water partition coefficient (Wildman–Crippen LogP) is 7.67. The number of aryl methyl sites for hydroxylation is 5. The Labute approximate surface area is 160 Å². The van der Waals surface area contributed by atoms with Crippen molar-refractivity contribution in [2.45, 2.75) is 34.6 Å². The maximum absolute atomic E-state index is 6.27. The first-order valence-electron chi connectivity index (χ1n) is 9.04. The van der Waals surface area contributed by atoms with Gasteiger partial charge < -0.3 is 12.9 Å². The van der Waals surface area contributed by atoms with Gasteiger partial charge in [0.2, 0.25) is 0 Å². The van der Waals surface area contributed by atoms with E-state index in [1.54, 1.807) is 0 Å². The molecule has 4 aromatic rings. The summed E-state index contributed by atoms with van der Waals surface area (Å²) in [7, 11) is -1.61. The summed E-state index contributed by atoms with van der Waals surface area (Å²) in [6, 6.07) is 16.5. The maximum atomic E-state index is 6.27. The third-order valence-electron chi connectivity index (χ3n) is 4.66. The summed E-state index contributed by atoms with van der Waals surface area (Å²) in [5.41, 5.74) is 7.42. The molecule has 138 valence electrons. The Hall–Kier alpha value is -2.64. The van der Waals surface area contributed by atoms with Crippen LogP contribution < -0.4 is 4.52 Å². The molecular weight excluding hydrogens is 355 g/mol. The van der Waals surface area contributed by atoms with Gasteiger partial charge in [0.25, 0.3) is 0 Å². The lowest BCUT2D eigenvalue weighted by atomic mass is 10.0. The molecule has 0 radical (unpaired) electrons. The van der Waals surface area contributed by atoms with Gasteiger partial charge in [-0.05, 0) is 81.1 Å². The van der Waals surface area contributed by atoms with Crippen molar-refractivity contribution in [1.82, 2.24) is 0 Å². The first-order valence-corrected chi connectivity index (χ1v) is 10.1. The fraction of sp³-hybridized carbons (Fsp3) is 0.217. The third-order valence-corrected chi connectivity index (χ3v) is 5.68. The SMILES string of the molecule is Cc1ccc(Op2oc3c(C)cc(C)cc3c3cc(C)cc(C)c3o2)cc1. The van der Waals surface area contributed by atoms with E-state index < -0.39 is 8.24 Å². The molecule has 0 atom stereocenters. The number of hydrogen-bond donors (Lipinski definition) is 0. The van der Waals surface area contributed by atoms with Crippen LogP contribution in [0.3, 0.4) is 0 Å². The van der Waals surface area contributed by atoms with Crippen LogP contribution in [0.15, 0.2) is 56.9 Å². The number of rotatable bonds is 2. The molecule has 0 aliphatic heterocycles. The van der Waals surface area contributed by atoms with E-state index in [2.05, 4.69) is 58.9 Å². The topological polar surface area (TPSA) is 35.5 Å². The van der Waals surface area contributed by atoms with Crippen LogP contribution >= 0.6 is 8.24 Å². The molecule has 3 aromatic carbocycles. The van der Waals surface area contributed by atoms with Crippen LogP contribution in [0, 0.1) is 34.6 Å². The minimum Gasteiger partial charge on any atom is -0.391 e. The summed E-state index contributed by atoms with van der Waals surface area (Å²) in [6.45, 7) is 10.4. The highest BCUT2D eigenvalue weighted by Crippen LogP contribution is 2.39. The van der Waals surface area contributed by atoms with E-state index in [4.69, 9.17) is 12.9 Å². The second-order valence-electron chi connectivity index (χ2n) is 7.23. The summed E-state index contributed by atoms with van der Waals surface area (Å²) in [4.78, 5) is 0. The van der Waals surface area contributed by atoms with Gasteiger partial charge in [-0.1, -0.05) is 29.8 Å². The Balaban J connectivity index is 2.06. The van der Waals surface area contributed by atoms with Crippen LogP contribution in [-0.2, 0) is 0 Å². The zero-order valence-electron chi connectivity index (χ0n) is 16.3. The Morgan fingerprint density at radius 1 is 0.630 bits per heavy atom. The standard InChI is InChI=1S/C23H23O3P/c1-14-6-8-19(9-7-14)24-27-25-22-17(4)10-15(2)12-20(22)21-13-16(3)11-18(5)23(21)26-27/h6-13H,1-5H3. The van der Waals surface area contributed by atoms with Crippen LogP contribution in [0.2, 0.25) is 0 Å². The molecule has 1 aromatic heterocycles. The molecule has 27 heavy (non-hydrogen) atoms. The molecule has 0 saturated carbocycles. The molecule has 4 rings (SSSR count). The highest BCUT2D eigenvalue weighted by molar-refractivity contribution is 7.32. The van der Waals surface area contributed by atoms with E-state index >= 15 is 0 Å². The molecule has 0 saturated heterocycles. The van der Waals surface area contributed by atoms with Crippen LogP contribution in [0.1, 0.15) is 27.8 Å². The van der Waals surface area contributed by atoms with Crippen LogP contribution in [0.5, 0.6) is 5.75 Å². The normalized spacial score (nSPS) is 11.1. The third kappa shape index (κ3) is 3.48. The first kappa shape index (κ1) is 17.8. The van der Waals surface area contributed by atoms with Crippen molar-refractivity contribution in [2.24, 2.45) is 0 Å². The van der Waals surface area contributed by atoms with Crippen molar-refractivity contribution in [3.05, 3.63) is 76.3 Å². The Bertz CT molecular complexity index is 1120. The van der Waals surface area contributed by atoms with Gasteiger partial charge in [-0.2, -0.15) is 0 Å². The van der Waals surface area contributed by atoms with Gasteiger partial charge in [0.05, 0.1) is 0 Å². The first-order chi connectivity index (χ1) is 12.9. The maximum Gasteiger partial charge on any atom is 0.453 e. The largest absolute Gasteiger partial charge is 0.453 e. The predicted molar refractivity (Wildman–Crippen MR) is 112 cm³/mol. The zero-order valence-corrected chi connectivity index (χ0v) is 17.2. The van der Waals surface area contributed by atoms with Crippen LogP contribution in [0.4, 0.5) is 0 Å². The minimum atomic E-state index is -1.61. The van der Waals surface area contributed by atoms with Gasteiger partial charge >= 0.3 is 8.24 Å². The summed E-state index contributed by atoms with van der Waals surface area (Å²) < 4.78 is 18.6. The lowest BCUT2D eigenvalue weighted by Crippen LogP contribution is -1.83. The van der Waals surface area contributed by atoms with E-state index in [9.17, 15) is 0 Å². The number of benzene rings is 3. The molecular formula is C23H23O3P. The Morgan fingerprint density at radius 2 is 1.11 bits per heavy atom. The molecule has 0 N–H and O–H groups in total. The van der Waals surface area contributed by atoms with Crippen LogP contribution in [-0.4, -0.2) is 0 Å². The van der Waals surface area contributed by atoms with Gasteiger partial charge in [-0.25, -0.2) is 0 Å². The molecule has 0 aliphatic rings. The van der Waals surface area contributed by atoms with E-state index in [1.165, 1.54) is 16.7 Å². The molecule has 1 heterocycles. The number of fused-ring (bicyclic) bond motifs is 3. The second-order valence-corrected chi connectivity index (χ2v) is 8.22. The van der Waals surface area contributed by atoms with Gasteiger partial charge in [0, 0.05) is 10.8 Å². The summed E-state index contributed by atoms with van der Waals surface area (Å²) in [5.74, 6) is 0.742. The van der Waals surface area contributed by atoms with Crippen molar-refractivity contribution in [3.8, 4) is 5.75 Å². The number of hydrogen-bond acceptors (Lipinski definition) is 3. The van der Waals surface area contributed by atoms with Gasteiger partial charge in [-0.15, -0.1) is 0 Å². The molecule has 0 spiro atoms. The fourth-order valence-corrected chi connectivity index (χ4v) is 4.63. The fourth-order valence-electron chi connectivity index (χ4n) is 3.44. The van der Waals surface area contributed by atoms with E-state index in [-0.39, 0.29) is 0 Å². The van der Waals surface area contributed by atoms with E-state index in [0.29, 0.717) is 0 Å². The molecule has 0 bridgehead atoms. The van der Waals surface area contributed by atoms with Crippen molar-refractivity contribution in [3.63, 3.8) is 0 Å². The van der Waals surface area contributed by atoms with Crippen molar-refractivity contribution < 1.29 is 12.9 Å². The Morgan fingerprint density at radius 3 is 1.59 bits per heavy atom. The Kier molecular flexibility index (Phi) is 4.49. The van der Waals surface area contributed by atoms with Gasteiger partial charge in [0.1, 0.15) is 16.9 Å². The molecule has 0 fully saturated rings. The molecule has 0 unspecified atom stereocenters. The van der Waals surface area contributed by atoms with Gasteiger partial charge in [-0.3, -0.25) is 0 Å². The monoisotopic (exact) mass is 378 g/mol.